The smallest absolute Gasteiger partial charge is 0.357 e. The van der Waals surface area contributed by atoms with Gasteiger partial charge >= 0.3 is 5.97 Å². The lowest BCUT2D eigenvalue weighted by Gasteiger charge is -2.34. The second-order valence-electron chi connectivity index (χ2n) is 6.57. The van der Waals surface area contributed by atoms with Gasteiger partial charge in [0.05, 0.1) is 20.8 Å². The number of amides is 1. The number of methoxy groups -OCH3 is 2. The SMILES string of the molecule is COC(=O)c1csc(CN(C(=O)c2cccc(OC)c2)C2CCCCC2)n1. The molecule has 3 rings (SSSR count). The molecule has 1 fully saturated rings. The summed E-state index contributed by atoms with van der Waals surface area (Å²) in [6.45, 7) is 0.391. The summed E-state index contributed by atoms with van der Waals surface area (Å²) in [5.74, 6) is 0.170. The minimum atomic E-state index is -0.458. The number of nitrogens with zero attached hydrogens (tertiary/aromatic N) is 2. The number of thiazole rings is 1. The van der Waals surface area contributed by atoms with E-state index in [1.165, 1.54) is 24.9 Å². The van der Waals surface area contributed by atoms with E-state index in [4.69, 9.17) is 9.47 Å². The van der Waals surface area contributed by atoms with Crippen molar-refractivity contribution in [2.45, 2.75) is 44.7 Å². The minimum absolute atomic E-state index is 0.0318. The molecule has 1 amide bonds. The van der Waals surface area contributed by atoms with Crippen LogP contribution in [0.25, 0.3) is 0 Å². The molecule has 1 aromatic carbocycles. The van der Waals surface area contributed by atoms with Gasteiger partial charge < -0.3 is 14.4 Å². The van der Waals surface area contributed by atoms with Crippen molar-refractivity contribution in [2.75, 3.05) is 14.2 Å². The topological polar surface area (TPSA) is 68.7 Å². The number of aromatic nitrogens is 1. The monoisotopic (exact) mass is 388 g/mol. The Morgan fingerprint density at radius 3 is 2.70 bits per heavy atom. The molecule has 0 atom stereocenters. The molecule has 6 nitrogen and oxygen atoms in total. The Kier molecular flexibility index (Phi) is 6.45. The maximum Gasteiger partial charge on any atom is 0.357 e. The predicted molar refractivity (Wildman–Crippen MR) is 103 cm³/mol. The van der Waals surface area contributed by atoms with Crippen LogP contribution in [0.4, 0.5) is 0 Å². The third-order valence-electron chi connectivity index (χ3n) is 4.84. The summed E-state index contributed by atoms with van der Waals surface area (Å²) in [6.07, 6.45) is 5.44. The summed E-state index contributed by atoms with van der Waals surface area (Å²) in [7, 11) is 2.93. The van der Waals surface area contributed by atoms with Crippen molar-refractivity contribution in [3.8, 4) is 5.75 Å². The van der Waals surface area contributed by atoms with Gasteiger partial charge in [-0.15, -0.1) is 11.3 Å². The standard InChI is InChI=1S/C20H24N2O4S/c1-25-16-10-6-7-14(11-16)19(23)22(15-8-4-3-5-9-15)12-18-21-17(13-27-18)20(24)26-2/h6-7,10-11,13,15H,3-5,8-9,12H2,1-2H3. The fourth-order valence-electron chi connectivity index (χ4n) is 3.41. The van der Waals surface area contributed by atoms with Gasteiger partial charge in [0, 0.05) is 17.0 Å². The van der Waals surface area contributed by atoms with E-state index in [0.29, 0.717) is 17.9 Å². The summed E-state index contributed by atoms with van der Waals surface area (Å²) in [5, 5.41) is 2.41. The zero-order valence-electron chi connectivity index (χ0n) is 15.6. The van der Waals surface area contributed by atoms with Gasteiger partial charge in [0.2, 0.25) is 0 Å². The highest BCUT2D eigenvalue weighted by molar-refractivity contribution is 7.09. The van der Waals surface area contributed by atoms with E-state index in [9.17, 15) is 9.59 Å². The van der Waals surface area contributed by atoms with E-state index in [1.54, 1.807) is 18.6 Å². The molecule has 144 valence electrons. The van der Waals surface area contributed by atoms with Crippen LogP contribution in [-0.2, 0) is 11.3 Å². The summed E-state index contributed by atoms with van der Waals surface area (Å²) in [4.78, 5) is 31.2. The van der Waals surface area contributed by atoms with E-state index in [1.807, 2.05) is 23.1 Å². The van der Waals surface area contributed by atoms with E-state index < -0.39 is 5.97 Å². The summed E-state index contributed by atoms with van der Waals surface area (Å²) in [6, 6.07) is 7.40. The van der Waals surface area contributed by atoms with Crippen molar-refractivity contribution in [1.29, 1.82) is 0 Å². The highest BCUT2D eigenvalue weighted by Crippen LogP contribution is 2.27. The molecule has 27 heavy (non-hydrogen) atoms. The number of carbonyl (C=O) groups excluding carboxylic acids is 2. The molecular weight excluding hydrogens is 364 g/mol. The van der Waals surface area contributed by atoms with Crippen molar-refractivity contribution in [3.05, 3.63) is 45.9 Å². The highest BCUT2D eigenvalue weighted by Gasteiger charge is 2.28. The number of carbonyl (C=O) groups is 2. The van der Waals surface area contributed by atoms with Crippen LogP contribution >= 0.6 is 11.3 Å². The van der Waals surface area contributed by atoms with E-state index >= 15 is 0 Å². The highest BCUT2D eigenvalue weighted by atomic mass is 32.1. The van der Waals surface area contributed by atoms with Gasteiger partial charge in [-0.25, -0.2) is 9.78 Å². The van der Waals surface area contributed by atoms with Crippen molar-refractivity contribution < 1.29 is 19.1 Å². The lowest BCUT2D eigenvalue weighted by atomic mass is 9.93. The molecule has 0 saturated heterocycles. The molecule has 0 bridgehead atoms. The Hall–Kier alpha value is -2.41. The summed E-state index contributed by atoms with van der Waals surface area (Å²) in [5.41, 5.74) is 0.889. The first-order chi connectivity index (χ1) is 13.1. The number of rotatable bonds is 6. The molecule has 1 aromatic heterocycles. The number of hydrogen-bond acceptors (Lipinski definition) is 6. The van der Waals surface area contributed by atoms with Gasteiger partial charge in [0.15, 0.2) is 5.69 Å². The van der Waals surface area contributed by atoms with Crippen molar-refractivity contribution >= 4 is 23.2 Å². The number of ether oxygens (including phenoxy) is 2. The van der Waals surface area contributed by atoms with Gasteiger partial charge in [-0.2, -0.15) is 0 Å². The van der Waals surface area contributed by atoms with Gasteiger partial charge in [-0.05, 0) is 31.0 Å². The third kappa shape index (κ3) is 4.66. The molecule has 0 unspecified atom stereocenters. The van der Waals surface area contributed by atoms with E-state index in [2.05, 4.69) is 4.98 Å². The molecule has 1 aliphatic carbocycles. The fraction of sp³-hybridized carbons (Fsp3) is 0.450. The number of benzene rings is 1. The average Bonchev–Trinajstić information content (AvgIpc) is 3.20. The molecule has 0 N–H and O–H groups in total. The molecular formula is C20H24N2O4S. The second kappa shape index (κ2) is 8.99. The molecule has 1 heterocycles. The third-order valence-corrected chi connectivity index (χ3v) is 5.68. The van der Waals surface area contributed by atoms with Crippen LogP contribution in [0.1, 0.15) is 58.0 Å². The largest absolute Gasteiger partial charge is 0.497 e. The zero-order valence-corrected chi connectivity index (χ0v) is 16.5. The van der Waals surface area contributed by atoms with Gasteiger partial charge in [-0.1, -0.05) is 25.3 Å². The molecule has 0 aliphatic heterocycles. The maximum atomic E-state index is 13.3. The Morgan fingerprint density at radius 1 is 1.22 bits per heavy atom. The van der Waals surface area contributed by atoms with Crippen LogP contribution in [0.15, 0.2) is 29.6 Å². The van der Waals surface area contributed by atoms with E-state index in [0.717, 1.165) is 30.7 Å². The molecule has 1 saturated carbocycles. The van der Waals surface area contributed by atoms with Crippen LogP contribution in [0, 0.1) is 0 Å². The van der Waals surface area contributed by atoms with Crippen LogP contribution in [-0.4, -0.2) is 42.0 Å². The lowest BCUT2D eigenvalue weighted by molar-refractivity contribution is 0.0594. The average molecular weight is 388 g/mol. The van der Waals surface area contributed by atoms with Crippen molar-refractivity contribution in [2.24, 2.45) is 0 Å². The zero-order chi connectivity index (χ0) is 19.2. The van der Waals surface area contributed by atoms with Gasteiger partial charge in [0.1, 0.15) is 10.8 Å². The van der Waals surface area contributed by atoms with Crippen molar-refractivity contribution in [1.82, 2.24) is 9.88 Å². The Labute approximate surface area is 163 Å². The summed E-state index contributed by atoms with van der Waals surface area (Å²) >= 11 is 1.38. The molecule has 7 heteroatoms. The van der Waals surface area contributed by atoms with Crippen LogP contribution < -0.4 is 4.74 Å². The molecule has 0 radical (unpaired) electrons. The Balaban J connectivity index is 1.85. The van der Waals surface area contributed by atoms with Crippen LogP contribution in [0.5, 0.6) is 5.75 Å². The van der Waals surface area contributed by atoms with Gasteiger partial charge in [0.25, 0.3) is 5.91 Å². The Bertz CT molecular complexity index is 799. The first-order valence-corrected chi connectivity index (χ1v) is 9.98. The second-order valence-corrected chi connectivity index (χ2v) is 7.52. The molecule has 1 aliphatic rings. The molecule has 2 aromatic rings. The quantitative estimate of drug-likeness (QED) is 0.702. The van der Waals surface area contributed by atoms with Gasteiger partial charge in [-0.3, -0.25) is 4.79 Å². The normalized spacial score (nSPS) is 14.6. The molecule has 0 spiro atoms. The number of hydrogen-bond donors (Lipinski definition) is 0. The first-order valence-electron chi connectivity index (χ1n) is 9.10. The number of esters is 1. The van der Waals surface area contributed by atoms with Crippen molar-refractivity contribution in [3.63, 3.8) is 0 Å². The first kappa shape index (κ1) is 19.4. The summed E-state index contributed by atoms with van der Waals surface area (Å²) < 4.78 is 9.98. The minimum Gasteiger partial charge on any atom is -0.497 e. The lowest BCUT2D eigenvalue weighted by Crippen LogP contribution is -2.41. The maximum absolute atomic E-state index is 13.3. The van der Waals surface area contributed by atoms with Crippen LogP contribution in [0.3, 0.4) is 0 Å². The van der Waals surface area contributed by atoms with Crippen LogP contribution in [0.2, 0.25) is 0 Å². The van der Waals surface area contributed by atoms with E-state index in [-0.39, 0.29) is 17.6 Å². The Morgan fingerprint density at radius 2 is 2.00 bits per heavy atom. The fourth-order valence-corrected chi connectivity index (χ4v) is 4.17. The predicted octanol–water partition coefficient (Wildman–Crippen LogP) is 3.91.